The maximum atomic E-state index is 9.16. The van der Waals surface area contributed by atoms with Crippen LogP contribution in [-0.4, -0.2) is 48.8 Å². The minimum Gasteiger partial charge on any atom is -0.395 e. The van der Waals surface area contributed by atoms with E-state index >= 15 is 0 Å². The third kappa shape index (κ3) is 5.31. The van der Waals surface area contributed by atoms with Gasteiger partial charge in [0.05, 0.1) is 6.61 Å². The van der Waals surface area contributed by atoms with Crippen molar-refractivity contribution < 1.29 is 5.11 Å². The van der Waals surface area contributed by atoms with E-state index in [1.807, 2.05) is 6.08 Å². The van der Waals surface area contributed by atoms with Crippen LogP contribution in [0.5, 0.6) is 0 Å². The van der Waals surface area contributed by atoms with Crippen molar-refractivity contribution in [1.29, 1.82) is 0 Å². The molecular formula is C14H24N2O. The van der Waals surface area contributed by atoms with Gasteiger partial charge in [-0.05, 0) is 12.0 Å². The SMILES string of the molecule is C=C/C=C\C(=C/CC)CN1CCN[C@H](CO)C1. The lowest BCUT2D eigenvalue weighted by molar-refractivity contribution is 0.156. The molecule has 0 aliphatic carbocycles. The Labute approximate surface area is 105 Å². The summed E-state index contributed by atoms with van der Waals surface area (Å²) in [4.78, 5) is 2.38. The zero-order chi connectivity index (χ0) is 12.5. The molecule has 3 heteroatoms. The molecular weight excluding hydrogens is 212 g/mol. The molecule has 17 heavy (non-hydrogen) atoms. The average molecular weight is 236 g/mol. The molecule has 0 amide bonds. The highest BCUT2D eigenvalue weighted by atomic mass is 16.3. The van der Waals surface area contributed by atoms with Gasteiger partial charge in [-0.15, -0.1) is 0 Å². The highest BCUT2D eigenvalue weighted by molar-refractivity contribution is 5.23. The molecule has 1 atom stereocenters. The average Bonchev–Trinajstić information content (AvgIpc) is 2.36. The number of nitrogens with one attached hydrogen (secondary N) is 1. The van der Waals surface area contributed by atoms with Gasteiger partial charge in [0.2, 0.25) is 0 Å². The van der Waals surface area contributed by atoms with E-state index in [0.29, 0.717) is 0 Å². The van der Waals surface area contributed by atoms with Crippen molar-refractivity contribution in [1.82, 2.24) is 10.2 Å². The number of aliphatic hydroxyl groups is 1. The van der Waals surface area contributed by atoms with Gasteiger partial charge >= 0.3 is 0 Å². The molecule has 0 aromatic carbocycles. The van der Waals surface area contributed by atoms with Gasteiger partial charge in [-0.2, -0.15) is 0 Å². The van der Waals surface area contributed by atoms with Crippen LogP contribution in [-0.2, 0) is 0 Å². The molecule has 1 aliphatic rings. The number of rotatable bonds is 6. The Morgan fingerprint density at radius 1 is 1.59 bits per heavy atom. The summed E-state index contributed by atoms with van der Waals surface area (Å²) in [5.74, 6) is 0. The van der Waals surface area contributed by atoms with E-state index in [-0.39, 0.29) is 12.6 Å². The lowest BCUT2D eigenvalue weighted by Gasteiger charge is -2.33. The van der Waals surface area contributed by atoms with Crippen LogP contribution in [0.1, 0.15) is 13.3 Å². The summed E-state index contributed by atoms with van der Waals surface area (Å²) < 4.78 is 0. The molecule has 1 aliphatic heterocycles. The summed E-state index contributed by atoms with van der Waals surface area (Å²) in [7, 11) is 0. The van der Waals surface area contributed by atoms with Crippen LogP contribution < -0.4 is 5.32 Å². The van der Waals surface area contributed by atoms with E-state index in [1.54, 1.807) is 6.08 Å². The Morgan fingerprint density at radius 3 is 3.06 bits per heavy atom. The predicted molar refractivity (Wildman–Crippen MR) is 73.0 cm³/mol. The summed E-state index contributed by atoms with van der Waals surface area (Å²) in [6, 6.07) is 0.218. The number of nitrogens with zero attached hydrogens (tertiary/aromatic N) is 1. The van der Waals surface area contributed by atoms with Crippen LogP contribution in [0.25, 0.3) is 0 Å². The summed E-state index contributed by atoms with van der Waals surface area (Å²) in [5, 5.41) is 12.5. The smallest absolute Gasteiger partial charge is 0.0597 e. The molecule has 0 spiro atoms. The van der Waals surface area contributed by atoms with E-state index in [4.69, 9.17) is 5.11 Å². The zero-order valence-electron chi connectivity index (χ0n) is 10.7. The van der Waals surface area contributed by atoms with Crippen LogP contribution in [0.3, 0.4) is 0 Å². The van der Waals surface area contributed by atoms with Crippen molar-refractivity contribution in [2.75, 3.05) is 32.8 Å². The molecule has 2 N–H and O–H groups in total. The fourth-order valence-corrected chi connectivity index (χ4v) is 2.06. The number of hydrogen-bond acceptors (Lipinski definition) is 3. The number of allylic oxidation sites excluding steroid dienone is 3. The first-order chi connectivity index (χ1) is 8.30. The van der Waals surface area contributed by atoms with Gasteiger partial charge < -0.3 is 10.4 Å². The third-order valence-electron chi connectivity index (χ3n) is 2.88. The molecule has 1 fully saturated rings. The summed E-state index contributed by atoms with van der Waals surface area (Å²) >= 11 is 0. The second-order valence-corrected chi connectivity index (χ2v) is 4.35. The molecule has 0 aromatic heterocycles. The van der Waals surface area contributed by atoms with E-state index in [2.05, 4.69) is 35.9 Å². The second kappa shape index (κ2) is 8.23. The highest BCUT2D eigenvalue weighted by Crippen LogP contribution is 2.06. The van der Waals surface area contributed by atoms with Crippen molar-refractivity contribution in [2.24, 2.45) is 0 Å². The van der Waals surface area contributed by atoms with Crippen molar-refractivity contribution in [2.45, 2.75) is 19.4 Å². The molecule has 0 aromatic rings. The largest absolute Gasteiger partial charge is 0.395 e. The third-order valence-corrected chi connectivity index (χ3v) is 2.88. The van der Waals surface area contributed by atoms with Gasteiger partial charge in [0.25, 0.3) is 0 Å². The van der Waals surface area contributed by atoms with Gasteiger partial charge in [-0.25, -0.2) is 0 Å². The summed E-state index contributed by atoms with van der Waals surface area (Å²) in [5.41, 5.74) is 1.32. The van der Waals surface area contributed by atoms with Gasteiger partial charge in [0.1, 0.15) is 0 Å². The number of aliphatic hydroxyl groups excluding tert-OH is 1. The maximum absolute atomic E-state index is 9.16. The quantitative estimate of drug-likeness (QED) is 0.683. The van der Waals surface area contributed by atoms with Crippen LogP contribution in [0.15, 0.2) is 36.5 Å². The van der Waals surface area contributed by atoms with Crippen LogP contribution in [0, 0.1) is 0 Å². The Hall–Kier alpha value is -0.900. The lowest BCUT2D eigenvalue weighted by Crippen LogP contribution is -2.52. The molecule has 1 saturated heterocycles. The fourth-order valence-electron chi connectivity index (χ4n) is 2.06. The molecule has 0 unspecified atom stereocenters. The van der Waals surface area contributed by atoms with Crippen LogP contribution in [0.2, 0.25) is 0 Å². The zero-order valence-corrected chi connectivity index (χ0v) is 10.7. The second-order valence-electron chi connectivity index (χ2n) is 4.35. The molecule has 1 heterocycles. The van der Waals surface area contributed by atoms with Gasteiger partial charge in [-0.3, -0.25) is 4.90 Å². The standard InChI is InChI=1S/C14H24N2O/c1-3-5-7-13(6-4-2)10-16-9-8-15-14(11-16)12-17/h3,5-7,14-15,17H,1,4,8-12H2,2H3/b7-5-,13-6+/t14-/m0/s1. The van der Waals surface area contributed by atoms with E-state index in [0.717, 1.165) is 32.6 Å². The normalized spacial score (nSPS) is 23.2. The van der Waals surface area contributed by atoms with E-state index in [9.17, 15) is 0 Å². The monoisotopic (exact) mass is 236 g/mol. The van der Waals surface area contributed by atoms with Gasteiger partial charge in [0.15, 0.2) is 0 Å². The Balaban J connectivity index is 2.51. The molecule has 0 radical (unpaired) electrons. The lowest BCUT2D eigenvalue weighted by atomic mass is 10.1. The van der Waals surface area contributed by atoms with E-state index < -0.39 is 0 Å². The van der Waals surface area contributed by atoms with Crippen molar-refractivity contribution >= 4 is 0 Å². The van der Waals surface area contributed by atoms with Gasteiger partial charge in [-0.1, -0.05) is 37.8 Å². The van der Waals surface area contributed by atoms with Crippen molar-refractivity contribution in [3.05, 3.63) is 36.5 Å². The topological polar surface area (TPSA) is 35.5 Å². The fraction of sp³-hybridized carbons (Fsp3) is 0.571. The number of hydrogen-bond donors (Lipinski definition) is 2. The molecule has 1 rings (SSSR count). The van der Waals surface area contributed by atoms with E-state index in [1.165, 1.54) is 5.57 Å². The first-order valence-corrected chi connectivity index (χ1v) is 6.34. The number of piperazine rings is 1. The van der Waals surface area contributed by atoms with Crippen molar-refractivity contribution in [3.63, 3.8) is 0 Å². The van der Waals surface area contributed by atoms with Crippen LogP contribution >= 0.6 is 0 Å². The Morgan fingerprint density at radius 2 is 2.41 bits per heavy atom. The highest BCUT2D eigenvalue weighted by Gasteiger charge is 2.18. The predicted octanol–water partition coefficient (Wildman–Crippen LogP) is 1.33. The van der Waals surface area contributed by atoms with Crippen LogP contribution in [0.4, 0.5) is 0 Å². The first kappa shape index (κ1) is 14.2. The summed E-state index contributed by atoms with van der Waals surface area (Å²) in [6.07, 6.45) is 9.19. The minimum absolute atomic E-state index is 0.214. The Bertz CT molecular complexity index is 284. The maximum Gasteiger partial charge on any atom is 0.0597 e. The molecule has 3 nitrogen and oxygen atoms in total. The molecule has 96 valence electrons. The minimum atomic E-state index is 0.214. The summed E-state index contributed by atoms with van der Waals surface area (Å²) in [6.45, 7) is 9.92. The Kier molecular flexibility index (Phi) is 6.86. The van der Waals surface area contributed by atoms with Crippen molar-refractivity contribution in [3.8, 4) is 0 Å². The molecule has 0 saturated carbocycles. The first-order valence-electron chi connectivity index (χ1n) is 6.34. The van der Waals surface area contributed by atoms with Gasteiger partial charge in [0, 0.05) is 32.2 Å². The molecule has 0 bridgehead atoms.